The van der Waals surface area contributed by atoms with Gasteiger partial charge in [0.25, 0.3) is 8.32 Å². The minimum atomic E-state index is -3.15. The van der Waals surface area contributed by atoms with Crippen molar-refractivity contribution in [2.45, 2.75) is 120 Å². The Hall–Kier alpha value is -2.41. The van der Waals surface area contributed by atoms with Crippen LogP contribution in [-0.2, 0) is 29.4 Å². The van der Waals surface area contributed by atoms with Crippen LogP contribution < -0.4 is 10.4 Å². The van der Waals surface area contributed by atoms with Gasteiger partial charge in [-0.3, -0.25) is 0 Å². The molecule has 0 amide bonds. The molecule has 0 aromatic heterocycles. The lowest BCUT2D eigenvalue weighted by atomic mass is 9.83. The number of hydrogen-bond acceptors (Lipinski definition) is 6. The smallest absolute Gasteiger partial charge is 0.349 e. The van der Waals surface area contributed by atoms with E-state index in [1.54, 1.807) is 0 Å². The first-order valence-electron chi connectivity index (χ1n) is 17.7. The second-order valence-corrected chi connectivity index (χ2v) is 25.9. The van der Waals surface area contributed by atoms with E-state index in [-0.39, 0.29) is 21.7 Å². The van der Waals surface area contributed by atoms with Gasteiger partial charge in [-0.05, 0) is 27.4 Å². The molecule has 3 aromatic rings. The van der Waals surface area contributed by atoms with Gasteiger partial charge in [0.05, 0.1) is 19.8 Å². The second kappa shape index (κ2) is 14.3. The standard InChI is InChI=1S/C41H58O6Si2/c1-11-27-41(30-43-28-31-21-15-12-16-22-31)37(42)36(35-34(45-41)29-44-49(47-35,39(5,6)7)40(8,9)10)46-48(38(2,3)4,32-23-17-13-18-24-32)33-25-19-14-20-26-33/h11-26,34-37,42H,1,27-30H2,2-10H3/t34-,35-,36+,37-,41-/m1/s1. The lowest BCUT2D eigenvalue weighted by Crippen LogP contribution is -2.78. The van der Waals surface area contributed by atoms with Crippen LogP contribution in [0.1, 0.15) is 74.3 Å². The highest BCUT2D eigenvalue weighted by Gasteiger charge is 2.67. The third-order valence-corrected chi connectivity index (χ3v) is 20.5. The van der Waals surface area contributed by atoms with Crippen molar-refractivity contribution < 1.29 is 27.9 Å². The summed E-state index contributed by atoms with van der Waals surface area (Å²) in [6, 6.07) is 31.2. The summed E-state index contributed by atoms with van der Waals surface area (Å²) in [5, 5.41) is 14.3. The summed E-state index contributed by atoms with van der Waals surface area (Å²) in [5.41, 5.74) is -0.0825. The fourth-order valence-corrected chi connectivity index (χ4v) is 17.9. The zero-order valence-electron chi connectivity index (χ0n) is 31.1. The van der Waals surface area contributed by atoms with E-state index in [1.807, 2.05) is 48.5 Å². The van der Waals surface area contributed by atoms with Crippen LogP contribution in [0.15, 0.2) is 104 Å². The SMILES string of the molecule is C=CC[C@]1(COCc2ccccc2)O[C@@H]2CO[Si](C(C)(C)C)(C(C)(C)C)O[C@H]2[C@H](O[Si](c2ccccc2)(c2ccccc2)C(C)(C)C)[C@H]1O. The molecule has 2 aliphatic heterocycles. The lowest BCUT2D eigenvalue weighted by Gasteiger charge is -2.61. The molecule has 5 rings (SSSR count). The minimum absolute atomic E-state index is 0.153. The molecule has 5 atom stereocenters. The maximum absolute atomic E-state index is 12.9. The van der Waals surface area contributed by atoms with E-state index in [9.17, 15) is 5.11 Å². The van der Waals surface area contributed by atoms with Crippen molar-refractivity contribution in [1.29, 1.82) is 0 Å². The van der Waals surface area contributed by atoms with Crippen molar-refractivity contribution in [2.24, 2.45) is 0 Å². The third kappa shape index (κ3) is 7.08. The highest BCUT2D eigenvalue weighted by molar-refractivity contribution is 6.99. The summed E-state index contributed by atoms with van der Waals surface area (Å²) < 4.78 is 35.6. The zero-order chi connectivity index (χ0) is 35.7. The van der Waals surface area contributed by atoms with Gasteiger partial charge in [-0.1, -0.05) is 159 Å². The maximum atomic E-state index is 12.9. The number of ether oxygens (including phenoxy) is 2. The fourth-order valence-electron chi connectivity index (χ4n) is 8.27. The first kappa shape index (κ1) is 37.8. The number of aliphatic hydroxyl groups excluding tert-OH is 1. The monoisotopic (exact) mass is 702 g/mol. The van der Waals surface area contributed by atoms with Crippen LogP contribution in [0.25, 0.3) is 0 Å². The Morgan fingerprint density at radius 1 is 0.837 bits per heavy atom. The average molecular weight is 703 g/mol. The van der Waals surface area contributed by atoms with Gasteiger partial charge in [0.1, 0.15) is 30.0 Å². The average Bonchev–Trinajstić information content (AvgIpc) is 3.05. The number of hydrogen-bond donors (Lipinski definition) is 1. The normalized spacial score (nSPS) is 26.2. The van der Waals surface area contributed by atoms with Crippen LogP contribution in [-0.4, -0.2) is 65.2 Å². The van der Waals surface area contributed by atoms with Crippen molar-refractivity contribution in [3.63, 3.8) is 0 Å². The molecule has 6 nitrogen and oxygen atoms in total. The molecule has 0 unspecified atom stereocenters. The van der Waals surface area contributed by atoms with E-state index in [4.69, 9.17) is 22.8 Å². The van der Waals surface area contributed by atoms with Gasteiger partial charge in [-0.2, -0.15) is 0 Å². The predicted octanol–water partition coefficient (Wildman–Crippen LogP) is 7.68. The molecule has 1 N–H and O–H groups in total. The Bertz CT molecular complexity index is 1460. The molecule has 0 aliphatic carbocycles. The van der Waals surface area contributed by atoms with E-state index in [0.29, 0.717) is 19.6 Å². The Balaban J connectivity index is 1.68. The molecule has 2 fully saturated rings. The van der Waals surface area contributed by atoms with Crippen molar-refractivity contribution >= 4 is 27.3 Å². The van der Waals surface area contributed by atoms with Crippen molar-refractivity contribution in [3.8, 4) is 0 Å². The summed E-state index contributed by atoms with van der Waals surface area (Å²) in [6.45, 7) is 25.0. The summed E-state index contributed by atoms with van der Waals surface area (Å²) in [6.07, 6.45) is -0.712. The molecule has 0 saturated carbocycles. The van der Waals surface area contributed by atoms with Crippen LogP contribution >= 0.6 is 0 Å². The maximum Gasteiger partial charge on any atom is 0.349 e. The first-order chi connectivity index (χ1) is 23.0. The van der Waals surface area contributed by atoms with E-state index in [2.05, 4.69) is 117 Å². The Labute approximate surface area is 297 Å². The lowest BCUT2D eigenvalue weighted by molar-refractivity contribution is -0.292. The van der Waals surface area contributed by atoms with E-state index >= 15 is 0 Å². The molecule has 0 bridgehead atoms. The quantitative estimate of drug-likeness (QED) is 0.173. The molecule has 0 spiro atoms. The van der Waals surface area contributed by atoms with Crippen molar-refractivity contribution in [2.75, 3.05) is 13.2 Å². The van der Waals surface area contributed by atoms with Gasteiger partial charge in [0.2, 0.25) is 0 Å². The number of rotatable bonds is 10. The van der Waals surface area contributed by atoms with Gasteiger partial charge >= 0.3 is 8.56 Å². The molecule has 2 saturated heterocycles. The van der Waals surface area contributed by atoms with Crippen molar-refractivity contribution in [3.05, 3.63) is 109 Å². The molecular formula is C41H58O6Si2. The molecular weight excluding hydrogens is 645 g/mol. The molecule has 3 aromatic carbocycles. The highest BCUT2D eigenvalue weighted by atomic mass is 28.4. The van der Waals surface area contributed by atoms with Gasteiger partial charge in [0, 0.05) is 10.1 Å². The molecule has 8 heteroatoms. The molecule has 2 aliphatic rings. The minimum Gasteiger partial charge on any atom is -0.399 e. The molecule has 266 valence electrons. The van der Waals surface area contributed by atoms with Gasteiger partial charge in [0.15, 0.2) is 0 Å². The molecule has 2 heterocycles. The van der Waals surface area contributed by atoms with E-state index in [1.165, 1.54) is 0 Å². The molecule has 0 radical (unpaired) electrons. The highest BCUT2D eigenvalue weighted by Crippen LogP contribution is 2.56. The Morgan fingerprint density at radius 2 is 1.35 bits per heavy atom. The predicted molar refractivity (Wildman–Crippen MR) is 203 cm³/mol. The summed E-state index contributed by atoms with van der Waals surface area (Å²) >= 11 is 0. The third-order valence-electron chi connectivity index (χ3n) is 10.3. The van der Waals surface area contributed by atoms with Gasteiger partial charge in [-0.15, -0.1) is 6.58 Å². The van der Waals surface area contributed by atoms with Crippen molar-refractivity contribution in [1.82, 2.24) is 0 Å². The number of aliphatic hydroxyl groups is 1. The second-order valence-electron chi connectivity index (χ2n) is 16.9. The van der Waals surface area contributed by atoms with E-state index < -0.39 is 46.9 Å². The van der Waals surface area contributed by atoms with Gasteiger partial charge in [-0.25, -0.2) is 0 Å². The van der Waals surface area contributed by atoms with E-state index in [0.717, 1.165) is 15.9 Å². The fraction of sp³-hybridized carbons (Fsp3) is 0.512. The zero-order valence-corrected chi connectivity index (χ0v) is 33.1. The van der Waals surface area contributed by atoms with Crippen LogP contribution in [0.5, 0.6) is 0 Å². The number of benzene rings is 3. The topological polar surface area (TPSA) is 66.4 Å². The summed E-state index contributed by atoms with van der Waals surface area (Å²) in [4.78, 5) is 0. The van der Waals surface area contributed by atoms with Crippen LogP contribution in [0, 0.1) is 0 Å². The Kier molecular flexibility index (Phi) is 11.1. The van der Waals surface area contributed by atoms with Crippen LogP contribution in [0.4, 0.5) is 0 Å². The first-order valence-corrected chi connectivity index (χ1v) is 21.4. The Morgan fingerprint density at radius 3 is 1.82 bits per heavy atom. The van der Waals surface area contributed by atoms with Gasteiger partial charge < -0.3 is 27.9 Å². The van der Waals surface area contributed by atoms with Crippen LogP contribution in [0.2, 0.25) is 15.1 Å². The summed E-state index contributed by atoms with van der Waals surface area (Å²) in [7, 11) is -6.14. The number of fused-ring (bicyclic) bond motifs is 1. The van der Waals surface area contributed by atoms with Crippen LogP contribution in [0.3, 0.4) is 0 Å². The molecule has 49 heavy (non-hydrogen) atoms. The largest absolute Gasteiger partial charge is 0.399 e. The summed E-state index contributed by atoms with van der Waals surface area (Å²) in [5.74, 6) is 0.